The van der Waals surface area contributed by atoms with E-state index in [1.165, 1.54) is 28.0 Å². The van der Waals surface area contributed by atoms with Crippen molar-refractivity contribution < 1.29 is 4.79 Å². The van der Waals surface area contributed by atoms with E-state index < -0.39 is 0 Å². The quantitative estimate of drug-likeness (QED) is 0.686. The summed E-state index contributed by atoms with van der Waals surface area (Å²) >= 11 is 1.45. The predicted molar refractivity (Wildman–Crippen MR) is 115 cm³/mol. The number of hydrogen-bond acceptors (Lipinski definition) is 5. The molecule has 0 saturated carbocycles. The molecular formula is C21H27N5OS. The first-order chi connectivity index (χ1) is 13.2. The highest BCUT2D eigenvalue weighted by Gasteiger charge is 2.15. The molecule has 1 aromatic carbocycles. The van der Waals surface area contributed by atoms with Gasteiger partial charge in [-0.1, -0.05) is 12.1 Å². The standard InChI is InChI=1S/C21H27N5OS/c1-13-7-8-17(9-14(13)2)19-12-28-21(22-19)23-20(27)11-25(5)10-18-15(3)24-26(6)16(18)4/h7-9,12H,10-11H2,1-6H3,(H,22,23,27). The van der Waals surface area contributed by atoms with Crippen LogP contribution in [-0.2, 0) is 18.4 Å². The number of rotatable bonds is 6. The molecule has 0 bridgehead atoms. The molecule has 2 aromatic heterocycles. The molecule has 148 valence electrons. The van der Waals surface area contributed by atoms with Crippen molar-refractivity contribution >= 4 is 22.4 Å². The molecule has 1 N–H and O–H groups in total. The molecule has 0 spiro atoms. The first-order valence-corrected chi connectivity index (χ1v) is 10.1. The Hall–Kier alpha value is -2.51. The fourth-order valence-electron chi connectivity index (χ4n) is 3.14. The van der Waals surface area contributed by atoms with Crippen LogP contribution in [0.25, 0.3) is 11.3 Å². The number of aryl methyl sites for hydroxylation is 4. The first kappa shape index (κ1) is 20.2. The van der Waals surface area contributed by atoms with Crippen LogP contribution in [0.4, 0.5) is 5.13 Å². The lowest BCUT2D eigenvalue weighted by molar-refractivity contribution is -0.117. The van der Waals surface area contributed by atoms with Crippen LogP contribution >= 0.6 is 11.3 Å². The van der Waals surface area contributed by atoms with Gasteiger partial charge in [-0.25, -0.2) is 4.98 Å². The van der Waals surface area contributed by atoms with E-state index in [4.69, 9.17) is 0 Å². The molecule has 3 rings (SSSR count). The minimum Gasteiger partial charge on any atom is -0.301 e. The third-order valence-corrected chi connectivity index (χ3v) is 5.81. The van der Waals surface area contributed by atoms with E-state index in [-0.39, 0.29) is 5.91 Å². The maximum atomic E-state index is 12.4. The zero-order valence-electron chi connectivity index (χ0n) is 17.3. The second kappa shape index (κ2) is 8.24. The van der Waals surface area contributed by atoms with Gasteiger partial charge in [0.15, 0.2) is 5.13 Å². The molecule has 3 aromatic rings. The topological polar surface area (TPSA) is 63.1 Å². The molecule has 6 nitrogen and oxygen atoms in total. The Kier molecular flexibility index (Phi) is 5.96. The third kappa shape index (κ3) is 4.48. The highest BCUT2D eigenvalue weighted by atomic mass is 32.1. The van der Waals surface area contributed by atoms with E-state index in [0.29, 0.717) is 18.2 Å². The zero-order valence-corrected chi connectivity index (χ0v) is 18.1. The summed E-state index contributed by atoms with van der Waals surface area (Å²) in [6.45, 7) is 9.22. The van der Waals surface area contributed by atoms with Crippen molar-refractivity contribution in [3.63, 3.8) is 0 Å². The van der Waals surface area contributed by atoms with Crippen LogP contribution in [0.15, 0.2) is 23.6 Å². The van der Waals surface area contributed by atoms with Crippen molar-refractivity contribution in [3.8, 4) is 11.3 Å². The average molecular weight is 398 g/mol. The van der Waals surface area contributed by atoms with Crippen molar-refractivity contribution in [1.82, 2.24) is 19.7 Å². The number of carbonyl (C=O) groups excluding carboxylic acids is 1. The number of nitrogens with one attached hydrogen (secondary N) is 1. The largest absolute Gasteiger partial charge is 0.301 e. The van der Waals surface area contributed by atoms with Crippen molar-refractivity contribution in [2.45, 2.75) is 34.2 Å². The van der Waals surface area contributed by atoms with Gasteiger partial charge in [0.2, 0.25) is 5.91 Å². The molecule has 0 saturated heterocycles. The highest BCUT2D eigenvalue weighted by Crippen LogP contribution is 2.26. The number of thiazole rings is 1. The van der Waals surface area contributed by atoms with Crippen LogP contribution in [0, 0.1) is 27.7 Å². The molecule has 28 heavy (non-hydrogen) atoms. The molecule has 0 fully saturated rings. The van der Waals surface area contributed by atoms with Gasteiger partial charge in [-0.05, 0) is 51.9 Å². The van der Waals surface area contributed by atoms with Crippen molar-refractivity contribution in [2.24, 2.45) is 7.05 Å². The third-order valence-electron chi connectivity index (χ3n) is 5.05. The molecule has 2 heterocycles. The fraction of sp³-hybridized carbons (Fsp3) is 0.381. The molecule has 0 atom stereocenters. The SMILES string of the molecule is Cc1ccc(-c2csc(NC(=O)CN(C)Cc3c(C)nn(C)c3C)n2)cc1C. The minimum atomic E-state index is -0.0670. The predicted octanol–water partition coefficient (Wildman–Crippen LogP) is 3.85. The Labute approximate surface area is 170 Å². The number of amides is 1. The van der Waals surface area contributed by atoms with Crippen LogP contribution in [0.2, 0.25) is 0 Å². The van der Waals surface area contributed by atoms with Gasteiger partial charge in [0, 0.05) is 35.8 Å². The number of nitrogens with zero attached hydrogens (tertiary/aromatic N) is 4. The summed E-state index contributed by atoms with van der Waals surface area (Å²) in [5, 5.41) is 9.95. The van der Waals surface area contributed by atoms with Crippen LogP contribution in [0.5, 0.6) is 0 Å². The van der Waals surface area contributed by atoms with E-state index in [1.807, 2.05) is 42.9 Å². The van der Waals surface area contributed by atoms with Crippen molar-refractivity contribution in [3.05, 3.63) is 51.7 Å². The smallest absolute Gasteiger partial charge is 0.240 e. The molecule has 0 unspecified atom stereocenters. The number of carbonyl (C=O) groups is 1. The number of hydrogen-bond donors (Lipinski definition) is 1. The van der Waals surface area contributed by atoms with Gasteiger partial charge >= 0.3 is 0 Å². The van der Waals surface area contributed by atoms with E-state index in [9.17, 15) is 4.79 Å². The molecule has 0 aliphatic heterocycles. The van der Waals surface area contributed by atoms with Crippen LogP contribution in [0.3, 0.4) is 0 Å². The summed E-state index contributed by atoms with van der Waals surface area (Å²) in [5.74, 6) is -0.0670. The maximum Gasteiger partial charge on any atom is 0.240 e. The number of benzene rings is 1. The van der Waals surface area contributed by atoms with E-state index >= 15 is 0 Å². The Morgan fingerprint density at radius 3 is 2.61 bits per heavy atom. The summed E-state index contributed by atoms with van der Waals surface area (Å²) in [7, 11) is 3.88. The lowest BCUT2D eigenvalue weighted by atomic mass is 10.1. The maximum absolute atomic E-state index is 12.4. The van der Waals surface area contributed by atoms with E-state index in [2.05, 4.69) is 47.4 Å². The molecular weight excluding hydrogens is 370 g/mol. The Bertz CT molecular complexity index is 1000. The molecule has 0 aliphatic rings. The second-order valence-corrected chi connectivity index (χ2v) is 8.19. The number of aromatic nitrogens is 3. The molecule has 7 heteroatoms. The van der Waals surface area contributed by atoms with Gasteiger partial charge in [0.25, 0.3) is 0 Å². The Morgan fingerprint density at radius 2 is 1.96 bits per heavy atom. The van der Waals surface area contributed by atoms with Gasteiger partial charge in [-0.2, -0.15) is 5.10 Å². The summed E-state index contributed by atoms with van der Waals surface area (Å²) < 4.78 is 1.88. The van der Waals surface area contributed by atoms with Crippen LogP contribution in [0.1, 0.15) is 28.1 Å². The normalized spacial score (nSPS) is 11.2. The Balaban J connectivity index is 1.60. The van der Waals surface area contributed by atoms with Gasteiger partial charge in [-0.15, -0.1) is 11.3 Å². The average Bonchev–Trinajstić information content (AvgIpc) is 3.17. The summed E-state index contributed by atoms with van der Waals surface area (Å²) in [4.78, 5) is 19.0. The van der Waals surface area contributed by atoms with E-state index in [1.54, 1.807) is 0 Å². The molecule has 0 aliphatic carbocycles. The summed E-state index contributed by atoms with van der Waals surface area (Å²) in [6.07, 6.45) is 0. The zero-order chi connectivity index (χ0) is 20.4. The number of anilines is 1. The van der Waals surface area contributed by atoms with Crippen molar-refractivity contribution in [1.29, 1.82) is 0 Å². The lowest BCUT2D eigenvalue weighted by Gasteiger charge is -2.16. The van der Waals surface area contributed by atoms with Gasteiger partial charge < -0.3 is 5.32 Å². The van der Waals surface area contributed by atoms with Crippen LogP contribution < -0.4 is 5.32 Å². The van der Waals surface area contributed by atoms with Crippen LogP contribution in [-0.4, -0.2) is 39.2 Å². The fourth-order valence-corrected chi connectivity index (χ4v) is 3.88. The van der Waals surface area contributed by atoms with Gasteiger partial charge in [0.1, 0.15) is 0 Å². The monoisotopic (exact) mass is 397 g/mol. The lowest BCUT2D eigenvalue weighted by Crippen LogP contribution is -2.30. The van der Waals surface area contributed by atoms with Crippen molar-refractivity contribution in [2.75, 3.05) is 18.9 Å². The second-order valence-electron chi connectivity index (χ2n) is 7.33. The first-order valence-electron chi connectivity index (χ1n) is 9.25. The Morgan fingerprint density at radius 1 is 1.21 bits per heavy atom. The molecule has 0 radical (unpaired) electrons. The number of likely N-dealkylation sites (N-methyl/N-ethyl adjacent to an activating group) is 1. The van der Waals surface area contributed by atoms with E-state index in [0.717, 1.165) is 22.6 Å². The molecule has 1 amide bonds. The highest BCUT2D eigenvalue weighted by molar-refractivity contribution is 7.14. The minimum absolute atomic E-state index is 0.0670. The summed E-state index contributed by atoms with van der Waals surface area (Å²) in [6, 6.07) is 6.29. The summed E-state index contributed by atoms with van der Waals surface area (Å²) in [5.41, 5.74) is 7.75. The van der Waals surface area contributed by atoms with Gasteiger partial charge in [0.05, 0.1) is 17.9 Å². The van der Waals surface area contributed by atoms with Gasteiger partial charge in [-0.3, -0.25) is 14.4 Å².